The van der Waals surface area contributed by atoms with Crippen LogP contribution in [0.15, 0.2) is 182 Å². The van der Waals surface area contributed by atoms with Gasteiger partial charge in [-0.25, -0.2) is 0 Å². The van der Waals surface area contributed by atoms with Crippen LogP contribution in [0.25, 0.3) is 99.7 Å². The molecule has 12 rings (SSSR count). The summed E-state index contributed by atoms with van der Waals surface area (Å²) in [5.41, 5.74) is 16.0. The highest BCUT2D eigenvalue weighted by atomic mass is 15.0. The Balaban J connectivity index is 1.03. The Kier molecular flexibility index (Phi) is 6.46. The molecule has 0 bridgehead atoms. The first-order valence-electron chi connectivity index (χ1n) is 19.2. The molecule has 0 saturated carbocycles. The predicted octanol–water partition coefficient (Wildman–Crippen LogP) is 13.6. The average Bonchev–Trinajstić information content (AvgIpc) is 3.89. The second-order valence-electron chi connectivity index (χ2n) is 14.9. The Labute approximate surface area is 318 Å². The zero-order valence-corrected chi connectivity index (χ0v) is 30.2. The average molecular weight is 702 g/mol. The standard InChI is InChI=1S/C52H35N3/c1-2-14-38(15-3-1)53-47-19-9-6-16-41(47)44-31-36(23-27-50(44)53)37-24-28-51-45(32-37)42-17-7-10-20-48(42)55(51)40-26-29-52-46(33-40)43-18-8-11-21-49(43)54(52)39-25-22-34-12-4-5-13-35(34)30-39/h1-3,5-11,13-33H,4,12H2. The fourth-order valence-electron chi connectivity index (χ4n) is 9.37. The van der Waals surface area contributed by atoms with Crippen LogP contribution in [-0.2, 0) is 6.42 Å². The molecule has 3 heterocycles. The third-order valence-electron chi connectivity index (χ3n) is 11.9. The Morgan fingerprint density at radius 2 is 0.782 bits per heavy atom. The molecule has 1 aliphatic rings. The maximum Gasteiger partial charge on any atom is 0.0542 e. The van der Waals surface area contributed by atoms with E-state index in [1.165, 1.54) is 99.0 Å². The maximum atomic E-state index is 2.44. The summed E-state index contributed by atoms with van der Waals surface area (Å²) in [4.78, 5) is 0. The second-order valence-corrected chi connectivity index (χ2v) is 14.9. The van der Waals surface area contributed by atoms with E-state index in [2.05, 4.69) is 202 Å². The van der Waals surface area contributed by atoms with Gasteiger partial charge in [0.25, 0.3) is 0 Å². The number of benzene rings is 8. The van der Waals surface area contributed by atoms with Crippen LogP contribution in [0.2, 0.25) is 0 Å². The van der Waals surface area contributed by atoms with Crippen molar-refractivity contribution in [3.05, 3.63) is 193 Å². The molecule has 3 heteroatoms. The summed E-state index contributed by atoms with van der Waals surface area (Å²) in [6.45, 7) is 0. The Hall–Kier alpha value is -7.10. The number of para-hydroxylation sites is 4. The van der Waals surface area contributed by atoms with E-state index in [1.54, 1.807) is 0 Å². The minimum atomic E-state index is 1.11. The van der Waals surface area contributed by atoms with Gasteiger partial charge in [0.1, 0.15) is 0 Å². The molecule has 3 nitrogen and oxygen atoms in total. The van der Waals surface area contributed by atoms with Crippen LogP contribution in [0.3, 0.4) is 0 Å². The first-order chi connectivity index (χ1) is 27.3. The number of fused-ring (bicyclic) bond motifs is 10. The fourth-order valence-corrected chi connectivity index (χ4v) is 9.37. The van der Waals surface area contributed by atoms with Crippen LogP contribution in [0.4, 0.5) is 0 Å². The molecule has 0 atom stereocenters. The highest BCUT2D eigenvalue weighted by molar-refractivity contribution is 6.14. The van der Waals surface area contributed by atoms with E-state index in [4.69, 9.17) is 0 Å². The van der Waals surface area contributed by atoms with Gasteiger partial charge in [0.05, 0.1) is 33.1 Å². The number of hydrogen-bond acceptors (Lipinski definition) is 0. The first kappa shape index (κ1) is 30.4. The number of rotatable bonds is 4. The van der Waals surface area contributed by atoms with Gasteiger partial charge in [-0.2, -0.15) is 0 Å². The van der Waals surface area contributed by atoms with Crippen LogP contribution in [0.5, 0.6) is 0 Å². The molecule has 258 valence electrons. The Morgan fingerprint density at radius 3 is 1.38 bits per heavy atom. The maximum absolute atomic E-state index is 2.44. The molecule has 0 N–H and O–H groups in total. The molecule has 0 radical (unpaired) electrons. The Morgan fingerprint density at radius 1 is 0.327 bits per heavy atom. The van der Waals surface area contributed by atoms with Crippen LogP contribution >= 0.6 is 0 Å². The predicted molar refractivity (Wildman–Crippen MR) is 232 cm³/mol. The molecule has 0 fully saturated rings. The van der Waals surface area contributed by atoms with E-state index in [-0.39, 0.29) is 0 Å². The molecule has 0 spiro atoms. The number of aryl methyl sites for hydroxylation is 1. The largest absolute Gasteiger partial charge is 0.309 e. The lowest BCUT2D eigenvalue weighted by Crippen LogP contribution is -1.99. The quantitative estimate of drug-likeness (QED) is 0.174. The van der Waals surface area contributed by atoms with E-state index >= 15 is 0 Å². The summed E-state index contributed by atoms with van der Waals surface area (Å²) in [7, 11) is 0. The van der Waals surface area contributed by atoms with Gasteiger partial charge in [-0.1, -0.05) is 103 Å². The third kappa shape index (κ3) is 4.50. The summed E-state index contributed by atoms with van der Waals surface area (Å²) >= 11 is 0. The van der Waals surface area contributed by atoms with Crippen molar-refractivity contribution in [2.75, 3.05) is 0 Å². The van der Waals surface area contributed by atoms with E-state index in [9.17, 15) is 0 Å². The Bertz CT molecular complexity index is 3370. The summed E-state index contributed by atoms with van der Waals surface area (Å²) in [6.07, 6.45) is 6.80. The summed E-state index contributed by atoms with van der Waals surface area (Å²) in [6, 6.07) is 65.0. The number of nitrogens with zero attached hydrogens (tertiary/aromatic N) is 3. The zero-order valence-electron chi connectivity index (χ0n) is 30.2. The molecule has 0 amide bonds. The van der Waals surface area contributed by atoms with Crippen molar-refractivity contribution < 1.29 is 0 Å². The van der Waals surface area contributed by atoms with Gasteiger partial charge < -0.3 is 13.7 Å². The molecule has 0 unspecified atom stereocenters. The van der Waals surface area contributed by atoms with Gasteiger partial charge >= 0.3 is 0 Å². The van der Waals surface area contributed by atoms with Gasteiger partial charge in [-0.05, 0) is 120 Å². The summed E-state index contributed by atoms with van der Waals surface area (Å²) in [5, 5.41) is 7.56. The zero-order chi connectivity index (χ0) is 36.0. The molecule has 3 aromatic heterocycles. The highest BCUT2D eigenvalue weighted by Gasteiger charge is 2.19. The van der Waals surface area contributed by atoms with Gasteiger partial charge in [-0.15, -0.1) is 0 Å². The van der Waals surface area contributed by atoms with E-state index in [1.807, 2.05) is 0 Å². The highest BCUT2D eigenvalue weighted by Crippen LogP contribution is 2.40. The van der Waals surface area contributed by atoms with Crippen molar-refractivity contribution >= 4 is 71.5 Å². The molecule has 8 aromatic carbocycles. The van der Waals surface area contributed by atoms with Gasteiger partial charge in [0.15, 0.2) is 0 Å². The second kappa shape index (κ2) is 11.7. The van der Waals surface area contributed by atoms with Crippen molar-refractivity contribution in [3.63, 3.8) is 0 Å². The van der Waals surface area contributed by atoms with Gasteiger partial charge in [0.2, 0.25) is 0 Å². The monoisotopic (exact) mass is 701 g/mol. The topological polar surface area (TPSA) is 14.8 Å². The minimum absolute atomic E-state index is 1.11. The number of aromatic nitrogens is 3. The lowest BCUT2D eigenvalue weighted by Gasteiger charge is -2.14. The van der Waals surface area contributed by atoms with Crippen LogP contribution in [0.1, 0.15) is 17.5 Å². The lowest BCUT2D eigenvalue weighted by molar-refractivity contribution is 0.982. The van der Waals surface area contributed by atoms with Crippen LogP contribution in [0, 0.1) is 0 Å². The van der Waals surface area contributed by atoms with Crippen molar-refractivity contribution in [1.29, 1.82) is 0 Å². The number of allylic oxidation sites excluding steroid dienone is 1. The fraction of sp³-hybridized carbons (Fsp3) is 0.0385. The smallest absolute Gasteiger partial charge is 0.0542 e. The molecular weight excluding hydrogens is 667 g/mol. The van der Waals surface area contributed by atoms with E-state index in [0.29, 0.717) is 0 Å². The summed E-state index contributed by atoms with van der Waals surface area (Å²) < 4.78 is 7.26. The van der Waals surface area contributed by atoms with Crippen LogP contribution in [-0.4, -0.2) is 13.7 Å². The van der Waals surface area contributed by atoms with E-state index in [0.717, 1.165) is 18.5 Å². The molecule has 55 heavy (non-hydrogen) atoms. The first-order valence-corrected chi connectivity index (χ1v) is 19.2. The van der Waals surface area contributed by atoms with Crippen molar-refractivity contribution in [3.8, 4) is 28.2 Å². The SMILES string of the molecule is C1=Cc2cc(-n3c4ccccc4c4cc(-n5c6ccccc6c6cc(-c7ccc8c(c7)c7ccccc7n8-c7ccccc7)ccc65)ccc43)ccc2CC1. The van der Waals surface area contributed by atoms with E-state index < -0.39 is 0 Å². The van der Waals surface area contributed by atoms with Crippen molar-refractivity contribution in [2.45, 2.75) is 12.8 Å². The molecule has 11 aromatic rings. The number of hydrogen-bond donors (Lipinski definition) is 0. The lowest BCUT2D eigenvalue weighted by atomic mass is 9.97. The van der Waals surface area contributed by atoms with Gasteiger partial charge in [0, 0.05) is 49.4 Å². The molecule has 1 aliphatic carbocycles. The molecule has 0 saturated heterocycles. The van der Waals surface area contributed by atoms with Crippen LogP contribution < -0.4 is 0 Å². The van der Waals surface area contributed by atoms with Gasteiger partial charge in [-0.3, -0.25) is 0 Å². The minimum Gasteiger partial charge on any atom is -0.309 e. The summed E-state index contributed by atoms with van der Waals surface area (Å²) in [5.74, 6) is 0. The normalized spacial score (nSPS) is 12.9. The van der Waals surface area contributed by atoms with Crippen molar-refractivity contribution in [1.82, 2.24) is 13.7 Å². The molecular formula is C52H35N3. The third-order valence-corrected chi connectivity index (χ3v) is 11.9. The van der Waals surface area contributed by atoms with Crippen molar-refractivity contribution in [2.24, 2.45) is 0 Å². The molecule has 0 aliphatic heterocycles.